The highest BCUT2D eigenvalue weighted by Gasteiger charge is 2.36. The van der Waals surface area contributed by atoms with Crippen molar-refractivity contribution >= 4 is 11.6 Å². The normalized spacial score (nSPS) is 21.1. The van der Waals surface area contributed by atoms with Gasteiger partial charge in [0.2, 0.25) is 5.91 Å². The molecule has 17 heavy (non-hydrogen) atoms. The lowest BCUT2D eigenvalue weighted by atomic mass is 9.86. The fourth-order valence-corrected chi connectivity index (χ4v) is 3.01. The molecule has 0 spiro atoms. The standard InChI is InChI=1S/C15H21NO/c1-5-13(17)16-12-8-6-7-11-14(12)10(2)9-15(11,3)4/h6-8,10H,5,9H2,1-4H3,(H,16,17). The molecule has 1 N–H and O–H groups in total. The summed E-state index contributed by atoms with van der Waals surface area (Å²) in [5, 5.41) is 3.02. The van der Waals surface area contributed by atoms with Crippen molar-refractivity contribution in [2.45, 2.75) is 51.9 Å². The topological polar surface area (TPSA) is 29.1 Å². The second-order valence-corrected chi connectivity index (χ2v) is 5.66. The number of hydrogen-bond donors (Lipinski definition) is 1. The maximum atomic E-state index is 11.5. The van der Waals surface area contributed by atoms with Crippen molar-refractivity contribution in [2.24, 2.45) is 0 Å². The average Bonchev–Trinajstić information content (AvgIpc) is 2.50. The third-order valence-electron chi connectivity index (χ3n) is 3.74. The van der Waals surface area contributed by atoms with Gasteiger partial charge in [0.05, 0.1) is 0 Å². The Hall–Kier alpha value is -1.31. The molecule has 2 rings (SSSR count). The lowest BCUT2D eigenvalue weighted by molar-refractivity contribution is -0.115. The molecule has 0 fully saturated rings. The van der Waals surface area contributed by atoms with Crippen LogP contribution >= 0.6 is 0 Å². The predicted octanol–water partition coefficient (Wildman–Crippen LogP) is 3.82. The molecule has 2 heteroatoms. The van der Waals surface area contributed by atoms with Crippen LogP contribution < -0.4 is 5.32 Å². The van der Waals surface area contributed by atoms with Crippen molar-refractivity contribution < 1.29 is 4.79 Å². The second kappa shape index (κ2) is 4.17. The maximum absolute atomic E-state index is 11.5. The van der Waals surface area contributed by atoms with Crippen molar-refractivity contribution in [3.8, 4) is 0 Å². The first-order valence-electron chi connectivity index (χ1n) is 6.39. The summed E-state index contributed by atoms with van der Waals surface area (Å²) < 4.78 is 0. The van der Waals surface area contributed by atoms with Gasteiger partial charge in [-0.15, -0.1) is 0 Å². The second-order valence-electron chi connectivity index (χ2n) is 5.66. The van der Waals surface area contributed by atoms with Crippen molar-refractivity contribution in [3.05, 3.63) is 29.3 Å². The van der Waals surface area contributed by atoms with Crippen LogP contribution in [-0.2, 0) is 10.2 Å². The van der Waals surface area contributed by atoms with E-state index >= 15 is 0 Å². The van der Waals surface area contributed by atoms with E-state index in [1.165, 1.54) is 11.1 Å². The minimum Gasteiger partial charge on any atom is -0.326 e. The number of carbonyl (C=O) groups is 1. The van der Waals surface area contributed by atoms with Gasteiger partial charge in [-0.3, -0.25) is 4.79 Å². The molecule has 1 aliphatic carbocycles. The van der Waals surface area contributed by atoms with E-state index in [9.17, 15) is 4.79 Å². The molecule has 0 saturated heterocycles. The fraction of sp³-hybridized carbons (Fsp3) is 0.533. The Balaban J connectivity index is 2.44. The van der Waals surface area contributed by atoms with Gasteiger partial charge < -0.3 is 5.32 Å². The van der Waals surface area contributed by atoms with Gasteiger partial charge in [0.15, 0.2) is 0 Å². The van der Waals surface area contributed by atoms with E-state index in [-0.39, 0.29) is 11.3 Å². The third kappa shape index (κ3) is 2.08. The summed E-state index contributed by atoms with van der Waals surface area (Å²) in [4.78, 5) is 11.5. The zero-order valence-electron chi connectivity index (χ0n) is 11.1. The molecule has 1 aromatic carbocycles. The van der Waals surface area contributed by atoms with Crippen LogP contribution in [0, 0.1) is 0 Å². The van der Waals surface area contributed by atoms with Crippen LogP contribution in [0.25, 0.3) is 0 Å². The van der Waals surface area contributed by atoms with Crippen molar-refractivity contribution in [2.75, 3.05) is 5.32 Å². The molecule has 0 bridgehead atoms. The molecule has 0 radical (unpaired) electrons. The lowest BCUT2D eigenvalue weighted by Gasteiger charge is -2.19. The first kappa shape index (κ1) is 12.2. The number of hydrogen-bond acceptors (Lipinski definition) is 1. The Morgan fingerprint density at radius 1 is 1.47 bits per heavy atom. The summed E-state index contributed by atoms with van der Waals surface area (Å²) in [5.74, 6) is 0.615. The van der Waals surface area contributed by atoms with E-state index in [1.54, 1.807) is 0 Å². The molecule has 2 nitrogen and oxygen atoms in total. The van der Waals surface area contributed by atoms with E-state index in [0.717, 1.165) is 12.1 Å². The van der Waals surface area contributed by atoms with Gasteiger partial charge in [0, 0.05) is 12.1 Å². The Labute approximate surface area is 103 Å². The van der Waals surface area contributed by atoms with Gasteiger partial charge in [-0.2, -0.15) is 0 Å². The van der Waals surface area contributed by atoms with Gasteiger partial charge in [-0.1, -0.05) is 39.8 Å². The Bertz CT molecular complexity index is 448. The molecule has 0 saturated carbocycles. The molecular formula is C15H21NO. The SMILES string of the molecule is CCC(=O)Nc1cccc2c1C(C)CC2(C)C. The number of carbonyl (C=O) groups excluding carboxylic acids is 1. The quantitative estimate of drug-likeness (QED) is 0.823. The first-order valence-corrected chi connectivity index (χ1v) is 6.39. The average molecular weight is 231 g/mol. The molecule has 0 heterocycles. The number of nitrogens with one attached hydrogen (secondary N) is 1. The predicted molar refractivity (Wildman–Crippen MR) is 71.4 cm³/mol. The van der Waals surface area contributed by atoms with E-state index in [0.29, 0.717) is 12.3 Å². The van der Waals surface area contributed by atoms with Gasteiger partial charge >= 0.3 is 0 Å². The minimum absolute atomic E-state index is 0.0929. The molecule has 1 unspecified atom stereocenters. The number of amides is 1. The summed E-state index contributed by atoms with van der Waals surface area (Å²) >= 11 is 0. The summed E-state index contributed by atoms with van der Waals surface area (Å²) in [6.45, 7) is 8.68. The summed E-state index contributed by atoms with van der Waals surface area (Å²) in [6.07, 6.45) is 1.68. The minimum atomic E-state index is 0.0929. The van der Waals surface area contributed by atoms with E-state index in [1.807, 2.05) is 19.1 Å². The van der Waals surface area contributed by atoms with E-state index < -0.39 is 0 Å². The molecule has 0 aromatic heterocycles. The molecular weight excluding hydrogens is 210 g/mol. The smallest absolute Gasteiger partial charge is 0.224 e. The fourth-order valence-electron chi connectivity index (χ4n) is 3.01. The van der Waals surface area contributed by atoms with Gasteiger partial charge in [0.25, 0.3) is 0 Å². The first-order chi connectivity index (χ1) is 7.95. The van der Waals surface area contributed by atoms with Gasteiger partial charge in [-0.05, 0) is 34.9 Å². The largest absolute Gasteiger partial charge is 0.326 e. The number of benzene rings is 1. The molecule has 1 amide bonds. The Morgan fingerprint density at radius 2 is 2.18 bits per heavy atom. The Morgan fingerprint density at radius 3 is 2.82 bits per heavy atom. The van der Waals surface area contributed by atoms with Crippen LogP contribution in [-0.4, -0.2) is 5.91 Å². The highest BCUT2D eigenvalue weighted by atomic mass is 16.1. The summed E-state index contributed by atoms with van der Waals surface area (Å²) in [7, 11) is 0. The van der Waals surface area contributed by atoms with Crippen LogP contribution in [0.5, 0.6) is 0 Å². The van der Waals surface area contributed by atoms with Crippen LogP contribution in [0.4, 0.5) is 5.69 Å². The van der Waals surface area contributed by atoms with Gasteiger partial charge in [0.1, 0.15) is 0 Å². The molecule has 1 aliphatic rings. The molecule has 1 aromatic rings. The highest BCUT2D eigenvalue weighted by Crippen LogP contribution is 2.48. The van der Waals surface area contributed by atoms with Crippen LogP contribution in [0.3, 0.4) is 0 Å². The van der Waals surface area contributed by atoms with E-state index in [4.69, 9.17) is 0 Å². The zero-order chi connectivity index (χ0) is 12.6. The van der Waals surface area contributed by atoms with Gasteiger partial charge in [-0.25, -0.2) is 0 Å². The molecule has 92 valence electrons. The molecule has 1 atom stereocenters. The zero-order valence-corrected chi connectivity index (χ0v) is 11.1. The van der Waals surface area contributed by atoms with Crippen molar-refractivity contribution in [1.29, 1.82) is 0 Å². The summed E-state index contributed by atoms with van der Waals surface area (Å²) in [6, 6.07) is 6.26. The monoisotopic (exact) mass is 231 g/mol. The Kier molecular flexibility index (Phi) is 2.98. The lowest BCUT2D eigenvalue weighted by Crippen LogP contribution is -2.13. The highest BCUT2D eigenvalue weighted by molar-refractivity contribution is 5.91. The summed E-state index contributed by atoms with van der Waals surface area (Å²) in [5.41, 5.74) is 3.95. The van der Waals surface area contributed by atoms with Crippen molar-refractivity contribution in [3.63, 3.8) is 0 Å². The van der Waals surface area contributed by atoms with Crippen LogP contribution in [0.1, 0.15) is 57.6 Å². The molecule has 0 aliphatic heterocycles. The number of anilines is 1. The maximum Gasteiger partial charge on any atom is 0.224 e. The number of rotatable bonds is 2. The van der Waals surface area contributed by atoms with Crippen molar-refractivity contribution in [1.82, 2.24) is 0 Å². The third-order valence-corrected chi connectivity index (χ3v) is 3.74. The van der Waals surface area contributed by atoms with Crippen LogP contribution in [0.2, 0.25) is 0 Å². The van der Waals surface area contributed by atoms with E-state index in [2.05, 4.69) is 32.2 Å². The van der Waals surface area contributed by atoms with Crippen LogP contribution in [0.15, 0.2) is 18.2 Å². The number of fused-ring (bicyclic) bond motifs is 1.